The molecule has 1 aromatic carbocycles. The number of nitrogens with zero attached hydrogens (tertiary/aromatic N) is 2. The Balaban J connectivity index is 2.30. The molecule has 0 atom stereocenters. The summed E-state index contributed by atoms with van der Waals surface area (Å²) in [5.74, 6) is 0.0599. The van der Waals surface area contributed by atoms with Crippen molar-refractivity contribution in [3.63, 3.8) is 0 Å². The molecule has 0 amide bonds. The summed E-state index contributed by atoms with van der Waals surface area (Å²) in [4.78, 5) is 12.4. The van der Waals surface area contributed by atoms with E-state index in [1.54, 1.807) is 24.3 Å². The van der Waals surface area contributed by atoms with Crippen LogP contribution in [0.15, 0.2) is 35.3 Å². The van der Waals surface area contributed by atoms with Crippen molar-refractivity contribution < 1.29 is 9.47 Å². The van der Waals surface area contributed by atoms with Crippen molar-refractivity contribution in [1.29, 1.82) is 0 Å². The number of ether oxygens (including phenoxy) is 2. The third-order valence-electron chi connectivity index (χ3n) is 2.69. The Morgan fingerprint density at radius 3 is 2.90 bits per heavy atom. The van der Waals surface area contributed by atoms with Crippen LogP contribution in [0.25, 0.3) is 5.69 Å². The van der Waals surface area contributed by atoms with E-state index in [4.69, 9.17) is 26.8 Å². The van der Waals surface area contributed by atoms with Gasteiger partial charge in [0.1, 0.15) is 12.3 Å². The maximum Gasteiger partial charge on any atom is 0.315 e. The Labute approximate surface area is 127 Å². The van der Waals surface area contributed by atoms with E-state index in [-0.39, 0.29) is 18.0 Å². The average molecular weight is 310 g/mol. The van der Waals surface area contributed by atoms with Gasteiger partial charge in [0.2, 0.25) is 5.75 Å². The van der Waals surface area contributed by atoms with Gasteiger partial charge in [-0.15, -0.1) is 0 Å². The maximum atomic E-state index is 12.4. The van der Waals surface area contributed by atoms with Gasteiger partial charge in [0, 0.05) is 11.6 Å². The Hall–Kier alpha value is -2.05. The fraction of sp³-hybridized carbons (Fsp3) is 0.286. The van der Waals surface area contributed by atoms with Crippen molar-refractivity contribution in [3.05, 3.63) is 45.8 Å². The molecule has 0 spiro atoms. The molecule has 21 heavy (non-hydrogen) atoms. The zero-order valence-corrected chi connectivity index (χ0v) is 12.3. The molecule has 1 heterocycles. The molecule has 6 nitrogen and oxygen atoms in total. The molecule has 0 aliphatic heterocycles. The van der Waals surface area contributed by atoms with Crippen LogP contribution in [0.4, 0.5) is 5.69 Å². The topological polar surface area (TPSA) is 79.4 Å². The summed E-state index contributed by atoms with van der Waals surface area (Å²) in [6, 6.07) is 6.81. The monoisotopic (exact) mass is 309 g/mol. The van der Waals surface area contributed by atoms with Gasteiger partial charge in [0.05, 0.1) is 18.5 Å². The number of benzene rings is 1. The number of nitrogens with two attached hydrogens (primary N) is 1. The lowest BCUT2D eigenvalue weighted by atomic mass is 10.3. The molecule has 0 unspecified atom stereocenters. The van der Waals surface area contributed by atoms with Crippen LogP contribution in [-0.4, -0.2) is 29.6 Å². The van der Waals surface area contributed by atoms with E-state index in [2.05, 4.69) is 5.10 Å². The first-order chi connectivity index (χ1) is 10.1. The number of rotatable bonds is 6. The highest BCUT2D eigenvalue weighted by Gasteiger charge is 2.12. The van der Waals surface area contributed by atoms with Gasteiger partial charge >= 0.3 is 5.56 Å². The summed E-state index contributed by atoms with van der Waals surface area (Å²) in [6.45, 7) is 3.09. The van der Waals surface area contributed by atoms with E-state index in [1.807, 2.05) is 6.92 Å². The molecule has 0 aliphatic rings. The van der Waals surface area contributed by atoms with Gasteiger partial charge in [0.25, 0.3) is 0 Å². The molecular formula is C14H16ClN3O3. The molecule has 0 aliphatic carbocycles. The van der Waals surface area contributed by atoms with Gasteiger partial charge in [-0.2, -0.15) is 9.78 Å². The van der Waals surface area contributed by atoms with Gasteiger partial charge in [-0.1, -0.05) is 17.7 Å². The lowest BCUT2D eigenvalue weighted by Gasteiger charge is -2.11. The fourth-order valence-electron chi connectivity index (χ4n) is 1.73. The van der Waals surface area contributed by atoms with Crippen molar-refractivity contribution in [3.8, 4) is 11.4 Å². The van der Waals surface area contributed by atoms with Gasteiger partial charge in [-0.25, -0.2) is 0 Å². The average Bonchev–Trinajstić information content (AvgIpc) is 2.46. The minimum Gasteiger partial charge on any atom is -0.484 e. The molecule has 7 heteroatoms. The normalized spacial score (nSPS) is 10.6. The molecule has 0 bridgehead atoms. The highest BCUT2D eigenvalue weighted by Crippen LogP contribution is 2.17. The first-order valence-corrected chi connectivity index (χ1v) is 6.85. The lowest BCUT2D eigenvalue weighted by Crippen LogP contribution is -2.25. The smallest absolute Gasteiger partial charge is 0.315 e. The second-order valence-electron chi connectivity index (χ2n) is 4.17. The van der Waals surface area contributed by atoms with Crippen molar-refractivity contribution in [2.45, 2.75) is 6.92 Å². The number of nitrogen functional groups attached to an aromatic ring is 1. The van der Waals surface area contributed by atoms with Gasteiger partial charge in [0.15, 0.2) is 0 Å². The van der Waals surface area contributed by atoms with Gasteiger partial charge < -0.3 is 15.2 Å². The number of halogens is 1. The summed E-state index contributed by atoms with van der Waals surface area (Å²) in [5, 5.41) is 4.51. The van der Waals surface area contributed by atoms with Crippen molar-refractivity contribution in [2.75, 3.05) is 25.6 Å². The molecule has 2 N–H and O–H groups in total. The highest BCUT2D eigenvalue weighted by atomic mass is 35.5. The predicted octanol–water partition coefficient (Wildman–Crippen LogP) is 1.88. The van der Waals surface area contributed by atoms with Crippen LogP contribution in [0.5, 0.6) is 5.75 Å². The minimum atomic E-state index is -0.436. The van der Waals surface area contributed by atoms with Crippen molar-refractivity contribution >= 4 is 17.3 Å². The molecular weight excluding hydrogens is 294 g/mol. The highest BCUT2D eigenvalue weighted by molar-refractivity contribution is 6.30. The fourth-order valence-corrected chi connectivity index (χ4v) is 1.92. The van der Waals surface area contributed by atoms with Crippen molar-refractivity contribution in [1.82, 2.24) is 9.78 Å². The van der Waals surface area contributed by atoms with Gasteiger partial charge in [-0.3, -0.25) is 4.79 Å². The Morgan fingerprint density at radius 1 is 1.38 bits per heavy atom. The van der Waals surface area contributed by atoms with Crippen LogP contribution >= 0.6 is 11.6 Å². The lowest BCUT2D eigenvalue weighted by molar-refractivity contribution is 0.109. The Morgan fingerprint density at radius 2 is 2.19 bits per heavy atom. The van der Waals surface area contributed by atoms with Crippen LogP contribution in [0, 0.1) is 0 Å². The zero-order chi connectivity index (χ0) is 15.2. The maximum absolute atomic E-state index is 12.4. The van der Waals surface area contributed by atoms with Crippen LogP contribution in [0.3, 0.4) is 0 Å². The van der Waals surface area contributed by atoms with Crippen LogP contribution in [0.1, 0.15) is 6.92 Å². The van der Waals surface area contributed by atoms with E-state index < -0.39 is 5.56 Å². The summed E-state index contributed by atoms with van der Waals surface area (Å²) in [5.41, 5.74) is 6.04. The third kappa shape index (κ3) is 3.74. The van der Waals surface area contributed by atoms with E-state index in [0.29, 0.717) is 23.9 Å². The van der Waals surface area contributed by atoms with E-state index in [9.17, 15) is 4.79 Å². The van der Waals surface area contributed by atoms with Crippen molar-refractivity contribution in [2.24, 2.45) is 0 Å². The molecule has 1 aromatic heterocycles. The largest absolute Gasteiger partial charge is 0.484 e. The number of hydrogen-bond donors (Lipinski definition) is 1. The third-order valence-corrected chi connectivity index (χ3v) is 2.93. The molecule has 2 rings (SSSR count). The number of aromatic nitrogens is 2. The van der Waals surface area contributed by atoms with E-state index >= 15 is 0 Å². The predicted molar refractivity (Wildman–Crippen MR) is 81.2 cm³/mol. The quantitative estimate of drug-likeness (QED) is 0.824. The molecule has 0 fully saturated rings. The first kappa shape index (κ1) is 15.3. The minimum absolute atomic E-state index is 0.0599. The Kier molecular flexibility index (Phi) is 5.19. The second-order valence-corrected chi connectivity index (χ2v) is 4.61. The molecule has 0 radical (unpaired) electrons. The second kappa shape index (κ2) is 7.10. The van der Waals surface area contributed by atoms with Crippen LogP contribution in [0.2, 0.25) is 5.02 Å². The van der Waals surface area contributed by atoms with E-state index in [0.717, 1.165) is 0 Å². The summed E-state index contributed by atoms with van der Waals surface area (Å²) >= 11 is 5.92. The molecule has 0 saturated heterocycles. The summed E-state index contributed by atoms with van der Waals surface area (Å²) < 4.78 is 11.8. The zero-order valence-electron chi connectivity index (χ0n) is 11.6. The SMILES string of the molecule is CCOCCOc1c(N)cnn(-c2cccc(Cl)c2)c1=O. The molecule has 2 aromatic rings. The molecule has 112 valence electrons. The number of hydrogen-bond acceptors (Lipinski definition) is 5. The Bertz CT molecular complexity index is 673. The van der Waals surface area contributed by atoms with Gasteiger partial charge in [-0.05, 0) is 25.1 Å². The standard InChI is InChI=1S/C14H16ClN3O3/c1-2-20-6-7-21-13-12(16)9-17-18(14(13)19)11-5-3-4-10(15)8-11/h3-5,8-9H,2,6-7,16H2,1H3. The van der Waals surface area contributed by atoms with Crippen LogP contribution < -0.4 is 16.0 Å². The van der Waals surface area contributed by atoms with E-state index in [1.165, 1.54) is 10.9 Å². The number of anilines is 1. The summed E-state index contributed by atoms with van der Waals surface area (Å²) in [6.07, 6.45) is 1.37. The van der Waals surface area contributed by atoms with Crippen LogP contribution in [-0.2, 0) is 4.74 Å². The first-order valence-electron chi connectivity index (χ1n) is 6.47. The summed E-state index contributed by atoms with van der Waals surface area (Å²) in [7, 11) is 0. The molecule has 0 saturated carbocycles.